The van der Waals surface area contributed by atoms with E-state index in [9.17, 15) is 24.5 Å². The quantitative estimate of drug-likeness (QED) is 0.200. The largest absolute Gasteiger partial charge is 0.423 e. The number of ether oxygens (including phenoxy) is 1. The molecule has 0 aliphatic carbocycles. The Hall–Kier alpha value is -4.33. The Morgan fingerprint density at radius 3 is 2.06 bits per heavy atom. The zero-order valence-electron chi connectivity index (χ0n) is 16.2. The first kappa shape index (κ1) is 20.0. The third-order valence-corrected chi connectivity index (χ3v) is 4.96. The SMILES string of the molecule is O=C(Oc1ccc(CCN2C(=O)c3ccccc3C2=O)cc1)c1ccccc1[N+](=O)[O-]. The molecule has 154 valence electrons. The van der Waals surface area contributed by atoms with Crippen LogP contribution in [0.25, 0.3) is 0 Å². The van der Waals surface area contributed by atoms with E-state index in [2.05, 4.69) is 0 Å². The summed E-state index contributed by atoms with van der Waals surface area (Å²) in [5.41, 5.74) is 1.18. The molecule has 0 unspecified atom stereocenters. The van der Waals surface area contributed by atoms with Crippen molar-refractivity contribution in [2.24, 2.45) is 0 Å². The summed E-state index contributed by atoms with van der Waals surface area (Å²) in [6.45, 7) is 0.224. The molecule has 4 rings (SSSR count). The Bertz CT molecular complexity index is 1170. The van der Waals surface area contributed by atoms with Crippen molar-refractivity contribution in [3.05, 3.63) is 105 Å². The molecule has 8 nitrogen and oxygen atoms in total. The number of fused-ring (bicyclic) bond motifs is 1. The molecule has 1 aliphatic rings. The summed E-state index contributed by atoms with van der Waals surface area (Å²) in [7, 11) is 0. The Kier molecular flexibility index (Phi) is 5.28. The number of imide groups is 1. The molecule has 2 amide bonds. The third-order valence-electron chi connectivity index (χ3n) is 4.96. The number of esters is 1. The predicted octanol–water partition coefficient (Wildman–Crippen LogP) is 3.65. The van der Waals surface area contributed by atoms with Gasteiger partial charge in [-0.15, -0.1) is 0 Å². The predicted molar refractivity (Wildman–Crippen MR) is 110 cm³/mol. The summed E-state index contributed by atoms with van der Waals surface area (Å²) < 4.78 is 5.24. The molecule has 0 atom stereocenters. The number of para-hydroxylation sites is 1. The topological polar surface area (TPSA) is 107 Å². The Morgan fingerprint density at radius 1 is 0.871 bits per heavy atom. The smallest absolute Gasteiger partial charge is 0.350 e. The maximum Gasteiger partial charge on any atom is 0.350 e. The van der Waals surface area contributed by atoms with Crippen LogP contribution in [0.5, 0.6) is 5.75 Å². The fourth-order valence-corrected chi connectivity index (χ4v) is 3.37. The summed E-state index contributed by atoms with van der Waals surface area (Å²) >= 11 is 0. The Morgan fingerprint density at radius 2 is 1.45 bits per heavy atom. The highest BCUT2D eigenvalue weighted by molar-refractivity contribution is 6.21. The van der Waals surface area contributed by atoms with Crippen molar-refractivity contribution < 1.29 is 24.0 Å². The van der Waals surface area contributed by atoms with Gasteiger partial charge in [-0.2, -0.15) is 0 Å². The van der Waals surface area contributed by atoms with Gasteiger partial charge in [0.2, 0.25) is 0 Å². The Labute approximate surface area is 176 Å². The van der Waals surface area contributed by atoms with Crippen molar-refractivity contribution in [1.82, 2.24) is 4.90 Å². The van der Waals surface area contributed by atoms with Gasteiger partial charge in [-0.05, 0) is 42.3 Å². The molecule has 8 heteroatoms. The van der Waals surface area contributed by atoms with E-state index >= 15 is 0 Å². The molecule has 0 saturated carbocycles. The molecule has 3 aromatic rings. The molecule has 0 aromatic heterocycles. The zero-order chi connectivity index (χ0) is 22.0. The van der Waals surface area contributed by atoms with Gasteiger partial charge in [0.25, 0.3) is 17.5 Å². The lowest BCUT2D eigenvalue weighted by Gasteiger charge is -2.13. The molecule has 0 fully saturated rings. The lowest BCUT2D eigenvalue weighted by molar-refractivity contribution is -0.385. The number of hydrogen-bond donors (Lipinski definition) is 0. The van der Waals surface area contributed by atoms with Gasteiger partial charge in [-0.1, -0.05) is 36.4 Å². The molecule has 0 radical (unpaired) electrons. The average Bonchev–Trinajstić information content (AvgIpc) is 3.03. The van der Waals surface area contributed by atoms with E-state index in [0.29, 0.717) is 17.5 Å². The number of rotatable bonds is 6. The minimum atomic E-state index is -0.828. The average molecular weight is 416 g/mol. The van der Waals surface area contributed by atoms with Gasteiger partial charge < -0.3 is 4.74 Å². The van der Waals surface area contributed by atoms with Crippen molar-refractivity contribution in [2.75, 3.05) is 6.54 Å². The van der Waals surface area contributed by atoms with Gasteiger partial charge in [0.1, 0.15) is 11.3 Å². The minimum Gasteiger partial charge on any atom is -0.423 e. The molecule has 0 spiro atoms. The monoisotopic (exact) mass is 416 g/mol. The summed E-state index contributed by atoms with van der Waals surface area (Å²) in [5.74, 6) is -1.22. The van der Waals surface area contributed by atoms with Crippen LogP contribution in [0.2, 0.25) is 0 Å². The molecule has 0 N–H and O–H groups in total. The molecule has 0 saturated heterocycles. The first-order chi connectivity index (χ1) is 15.0. The highest BCUT2D eigenvalue weighted by Gasteiger charge is 2.34. The first-order valence-electron chi connectivity index (χ1n) is 9.45. The van der Waals surface area contributed by atoms with E-state index in [4.69, 9.17) is 4.74 Å². The molecule has 1 heterocycles. The van der Waals surface area contributed by atoms with Gasteiger partial charge in [-0.3, -0.25) is 24.6 Å². The number of carbonyl (C=O) groups is 3. The number of benzene rings is 3. The summed E-state index contributed by atoms with van der Waals surface area (Å²) in [6.07, 6.45) is 0.434. The normalized spacial score (nSPS) is 12.6. The van der Waals surface area contributed by atoms with E-state index < -0.39 is 10.9 Å². The van der Waals surface area contributed by atoms with Crippen molar-refractivity contribution in [1.29, 1.82) is 0 Å². The molecular formula is C23H16N2O6. The fraction of sp³-hybridized carbons (Fsp3) is 0.0870. The van der Waals surface area contributed by atoms with Gasteiger partial charge in [0.05, 0.1) is 16.1 Å². The van der Waals surface area contributed by atoms with Gasteiger partial charge in [0.15, 0.2) is 0 Å². The van der Waals surface area contributed by atoms with E-state index in [0.717, 1.165) is 5.56 Å². The van der Waals surface area contributed by atoms with E-state index in [1.54, 1.807) is 48.5 Å². The second-order valence-corrected chi connectivity index (χ2v) is 6.87. The fourth-order valence-electron chi connectivity index (χ4n) is 3.37. The minimum absolute atomic E-state index is 0.137. The molecular weight excluding hydrogens is 400 g/mol. The van der Waals surface area contributed by atoms with Crippen LogP contribution < -0.4 is 4.74 Å². The van der Waals surface area contributed by atoms with Crippen LogP contribution in [-0.4, -0.2) is 34.2 Å². The van der Waals surface area contributed by atoms with Crippen molar-refractivity contribution in [3.63, 3.8) is 0 Å². The number of nitro groups is 1. The van der Waals surface area contributed by atoms with E-state index in [1.165, 1.54) is 29.2 Å². The lowest BCUT2D eigenvalue weighted by atomic mass is 10.1. The van der Waals surface area contributed by atoms with E-state index in [1.807, 2.05) is 0 Å². The molecule has 0 bridgehead atoms. The second kappa shape index (κ2) is 8.19. The molecule has 3 aromatic carbocycles. The number of amides is 2. The maximum absolute atomic E-state index is 12.4. The molecule has 1 aliphatic heterocycles. The van der Waals surface area contributed by atoms with E-state index in [-0.39, 0.29) is 35.4 Å². The Balaban J connectivity index is 1.40. The van der Waals surface area contributed by atoms with Crippen molar-refractivity contribution >= 4 is 23.5 Å². The van der Waals surface area contributed by atoms with Crippen LogP contribution in [0.4, 0.5) is 5.69 Å². The highest BCUT2D eigenvalue weighted by Crippen LogP contribution is 2.24. The van der Waals surface area contributed by atoms with Crippen LogP contribution in [0.3, 0.4) is 0 Å². The standard InChI is InChI=1S/C23H16N2O6/c26-21-17-5-1-2-6-18(17)22(27)24(21)14-13-15-9-11-16(12-10-15)31-23(28)19-7-3-4-8-20(19)25(29)30/h1-12H,13-14H2. The summed E-state index contributed by atoms with van der Waals surface area (Å²) in [4.78, 5) is 48.8. The first-order valence-corrected chi connectivity index (χ1v) is 9.45. The lowest BCUT2D eigenvalue weighted by Crippen LogP contribution is -2.31. The maximum atomic E-state index is 12.4. The van der Waals surface area contributed by atoms with Crippen molar-refractivity contribution in [2.45, 2.75) is 6.42 Å². The zero-order valence-corrected chi connectivity index (χ0v) is 16.2. The third kappa shape index (κ3) is 3.91. The van der Waals surface area contributed by atoms with Crippen molar-refractivity contribution in [3.8, 4) is 5.75 Å². The van der Waals surface area contributed by atoms with Gasteiger partial charge >= 0.3 is 5.97 Å². The number of carbonyl (C=O) groups excluding carboxylic acids is 3. The summed E-state index contributed by atoms with van der Waals surface area (Å²) in [6, 6.07) is 18.8. The van der Waals surface area contributed by atoms with Crippen LogP contribution in [0.15, 0.2) is 72.8 Å². The number of nitrogens with zero attached hydrogens (tertiary/aromatic N) is 2. The number of nitro benzene ring substituents is 1. The summed E-state index contributed by atoms with van der Waals surface area (Å²) in [5, 5.41) is 11.1. The molecule has 31 heavy (non-hydrogen) atoms. The van der Waals surface area contributed by atoms with Gasteiger partial charge in [-0.25, -0.2) is 4.79 Å². The van der Waals surface area contributed by atoms with Gasteiger partial charge in [0, 0.05) is 12.6 Å². The van der Waals surface area contributed by atoms with Crippen LogP contribution in [-0.2, 0) is 6.42 Å². The van der Waals surface area contributed by atoms with Crippen LogP contribution >= 0.6 is 0 Å². The second-order valence-electron chi connectivity index (χ2n) is 6.87. The van der Waals surface area contributed by atoms with Crippen LogP contribution in [0.1, 0.15) is 36.6 Å². The number of hydrogen-bond acceptors (Lipinski definition) is 6. The highest BCUT2D eigenvalue weighted by atomic mass is 16.6. The van der Waals surface area contributed by atoms with Crippen LogP contribution in [0, 0.1) is 10.1 Å².